The van der Waals surface area contributed by atoms with Gasteiger partial charge < -0.3 is 20.0 Å². The first-order valence-corrected chi connectivity index (χ1v) is 11.6. The predicted octanol–water partition coefficient (Wildman–Crippen LogP) is 4.46. The van der Waals surface area contributed by atoms with Crippen molar-refractivity contribution in [2.24, 2.45) is 4.99 Å². The van der Waals surface area contributed by atoms with Crippen LogP contribution in [-0.4, -0.2) is 54.5 Å². The lowest BCUT2D eigenvalue weighted by molar-refractivity contribution is 0.167. The van der Waals surface area contributed by atoms with E-state index >= 15 is 0 Å². The van der Waals surface area contributed by atoms with Crippen molar-refractivity contribution in [3.05, 3.63) is 59.5 Å². The van der Waals surface area contributed by atoms with E-state index < -0.39 is 0 Å². The van der Waals surface area contributed by atoms with E-state index in [1.165, 1.54) is 11.1 Å². The maximum atomic E-state index is 5.49. The average molecular weight is 554 g/mol. The van der Waals surface area contributed by atoms with E-state index in [2.05, 4.69) is 72.5 Å². The fraction of sp³-hybridized carbons (Fsp3) is 0.560. The Hall–Kier alpha value is -1.58. The Kier molecular flexibility index (Phi) is 11.5. The Morgan fingerprint density at radius 1 is 1.12 bits per heavy atom. The number of hydrogen-bond acceptors (Lipinski definition) is 4. The lowest BCUT2D eigenvalue weighted by Gasteiger charge is -2.35. The van der Waals surface area contributed by atoms with E-state index in [4.69, 9.17) is 9.41 Å². The van der Waals surface area contributed by atoms with Crippen LogP contribution in [0.3, 0.4) is 0 Å². The molecule has 1 aromatic carbocycles. The molecule has 0 spiro atoms. The molecule has 2 heterocycles. The first kappa shape index (κ1) is 26.7. The van der Waals surface area contributed by atoms with Gasteiger partial charge in [0.1, 0.15) is 5.76 Å². The zero-order chi connectivity index (χ0) is 22.1. The second kappa shape index (κ2) is 13.9. The van der Waals surface area contributed by atoms with Crippen LogP contribution >= 0.6 is 24.0 Å². The number of nitrogens with one attached hydrogen (secondary N) is 2. The van der Waals surface area contributed by atoms with Crippen LogP contribution in [0.25, 0.3) is 0 Å². The highest BCUT2D eigenvalue weighted by atomic mass is 127. The fourth-order valence-corrected chi connectivity index (χ4v) is 4.12. The van der Waals surface area contributed by atoms with Crippen molar-refractivity contribution in [3.63, 3.8) is 0 Å². The van der Waals surface area contributed by atoms with Crippen LogP contribution in [0.4, 0.5) is 0 Å². The van der Waals surface area contributed by atoms with Crippen LogP contribution in [0, 0.1) is 0 Å². The van der Waals surface area contributed by atoms with Gasteiger partial charge in [-0.1, -0.05) is 24.3 Å². The molecule has 7 heteroatoms. The van der Waals surface area contributed by atoms with E-state index in [0.29, 0.717) is 18.6 Å². The average Bonchev–Trinajstić information content (AvgIpc) is 3.26. The molecular weight excluding hydrogens is 513 g/mol. The highest BCUT2D eigenvalue weighted by Gasteiger charge is 2.21. The second-order valence-electron chi connectivity index (χ2n) is 8.76. The molecule has 0 saturated carbocycles. The van der Waals surface area contributed by atoms with Gasteiger partial charge in [-0.05, 0) is 63.9 Å². The molecule has 2 N–H and O–H groups in total. The van der Waals surface area contributed by atoms with Crippen molar-refractivity contribution in [1.29, 1.82) is 0 Å². The van der Waals surface area contributed by atoms with E-state index in [1.807, 2.05) is 12.1 Å². The molecule has 32 heavy (non-hydrogen) atoms. The van der Waals surface area contributed by atoms with Gasteiger partial charge in [-0.25, -0.2) is 4.99 Å². The van der Waals surface area contributed by atoms with Crippen LogP contribution in [0.5, 0.6) is 0 Å². The number of nitrogens with zero attached hydrogens (tertiary/aromatic N) is 3. The molecular formula is C25H40IN5O. The number of halogens is 1. The van der Waals surface area contributed by atoms with Gasteiger partial charge in [-0.15, -0.1) is 24.0 Å². The molecule has 178 valence electrons. The topological polar surface area (TPSA) is 56.0 Å². The molecule has 0 atom stereocenters. The molecule has 0 amide bonds. The number of furan rings is 1. The van der Waals surface area contributed by atoms with Gasteiger partial charge in [0.15, 0.2) is 5.96 Å². The first-order chi connectivity index (χ1) is 15.0. The lowest BCUT2D eigenvalue weighted by Crippen LogP contribution is -2.49. The zero-order valence-electron chi connectivity index (χ0n) is 20.0. The van der Waals surface area contributed by atoms with Crippen LogP contribution in [0.15, 0.2) is 52.1 Å². The molecule has 1 saturated heterocycles. The molecule has 6 nitrogen and oxygen atoms in total. The summed E-state index contributed by atoms with van der Waals surface area (Å²) in [5, 5.41) is 7.09. The Balaban J connectivity index is 0.00000363. The summed E-state index contributed by atoms with van der Waals surface area (Å²) < 4.78 is 5.49. The molecule has 1 aromatic heterocycles. The predicted molar refractivity (Wildman–Crippen MR) is 143 cm³/mol. The number of piperidine rings is 1. The Morgan fingerprint density at radius 3 is 2.47 bits per heavy atom. The summed E-state index contributed by atoms with van der Waals surface area (Å²) in [6.45, 7) is 12.2. The van der Waals surface area contributed by atoms with E-state index in [-0.39, 0.29) is 24.0 Å². The Bertz CT molecular complexity index is 800. The smallest absolute Gasteiger partial charge is 0.191 e. The summed E-state index contributed by atoms with van der Waals surface area (Å²) in [5.41, 5.74) is 2.57. The van der Waals surface area contributed by atoms with Crippen LogP contribution in [0.1, 0.15) is 50.5 Å². The molecule has 0 aliphatic carbocycles. The van der Waals surface area contributed by atoms with Crippen molar-refractivity contribution in [3.8, 4) is 0 Å². The third kappa shape index (κ3) is 8.41. The molecule has 0 bridgehead atoms. The zero-order valence-corrected chi connectivity index (χ0v) is 22.3. The van der Waals surface area contributed by atoms with Crippen molar-refractivity contribution >= 4 is 29.9 Å². The second-order valence-corrected chi connectivity index (χ2v) is 8.76. The van der Waals surface area contributed by atoms with Crippen LogP contribution in [0.2, 0.25) is 0 Å². The minimum Gasteiger partial charge on any atom is -0.468 e. The summed E-state index contributed by atoms with van der Waals surface area (Å²) in [7, 11) is 2.12. The van der Waals surface area contributed by atoms with Crippen molar-refractivity contribution in [1.82, 2.24) is 20.4 Å². The van der Waals surface area contributed by atoms with Gasteiger partial charge in [0, 0.05) is 38.3 Å². The summed E-state index contributed by atoms with van der Waals surface area (Å²) >= 11 is 0. The quantitative estimate of drug-likeness (QED) is 0.273. The maximum absolute atomic E-state index is 5.49. The van der Waals surface area contributed by atoms with Gasteiger partial charge in [-0.3, -0.25) is 4.90 Å². The van der Waals surface area contributed by atoms with Gasteiger partial charge in [0.05, 0.1) is 19.4 Å². The minimum absolute atomic E-state index is 0. The van der Waals surface area contributed by atoms with Gasteiger partial charge in [-0.2, -0.15) is 0 Å². The number of benzene rings is 1. The Morgan fingerprint density at radius 2 is 1.84 bits per heavy atom. The molecule has 1 aliphatic heterocycles. The number of guanidine groups is 1. The molecule has 0 unspecified atom stereocenters. The SMILES string of the molecule is CCNC(=NCc1ccccc1CN(C)Cc1ccco1)NC1CCN(C(C)C)CC1.I. The van der Waals surface area contributed by atoms with E-state index in [1.54, 1.807) is 6.26 Å². The normalized spacial score (nSPS) is 15.8. The number of aliphatic imine (C=N–C) groups is 1. The standard InChI is InChI=1S/C25H39N5O.HI/c1-5-26-25(28-23-12-14-30(15-13-23)20(2)3)27-17-21-9-6-7-10-22(21)18-29(4)19-24-11-8-16-31-24;/h6-11,16,20,23H,5,12-15,17-19H2,1-4H3,(H2,26,27,28);1H. The van der Waals surface area contributed by atoms with Gasteiger partial charge in [0.25, 0.3) is 0 Å². The van der Waals surface area contributed by atoms with E-state index in [9.17, 15) is 0 Å². The monoisotopic (exact) mass is 553 g/mol. The molecule has 1 aliphatic rings. The third-order valence-electron chi connectivity index (χ3n) is 5.92. The number of hydrogen-bond donors (Lipinski definition) is 2. The lowest BCUT2D eigenvalue weighted by atomic mass is 10.0. The van der Waals surface area contributed by atoms with Gasteiger partial charge >= 0.3 is 0 Å². The molecule has 3 rings (SSSR count). The molecule has 1 fully saturated rings. The molecule has 0 radical (unpaired) electrons. The maximum Gasteiger partial charge on any atom is 0.191 e. The van der Waals surface area contributed by atoms with Crippen LogP contribution in [-0.2, 0) is 19.6 Å². The van der Waals surface area contributed by atoms with E-state index in [0.717, 1.165) is 57.3 Å². The third-order valence-corrected chi connectivity index (χ3v) is 5.92. The number of likely N-dealkylation sites (tertiary alicyclic amines) is 1. The van der Waals surface area contributed by atoms with Crippen molar-refractivity contribution < 1.29 is 4.42 Å². The summed E-state index contributed by atoms with van der Waals surface area (Å²) in [4.78, 5) is 9.74. The first-order valence-electron chi connectivity index (χ1n) is 11.6. The highest BCUT2D eigenvalue weighted by Crippen LogP contribution is 2.15. The minimum atomic E-state index is 0. The number of rotatable bonds is 9. The molecule has 2 aromatic rings. The summed E-state index contributed by atoms with van der Waals surface area (Å²) in [5.74, 6) is 1.91. The highest BCUT2D eigenvalue weighted by molar-refractivity contribution is 14.0. The fourth-order valence-electron chi connectivity index (χ4n) is 4.12. The Labute approximate surface area is 210 Å². The van der Waals surface area contributed by atoms with Gasteiger partial charge in [0.2, 0.25) is 0 Å². The summed E-state index contributed by atoms with van der Waals surface area (Å²) in [6.07, 6.45) is 4.06. The van der Waals surface area contributed by atoms with Crippen molar-refractivity contribution in [2.45, 2.75) is 65.3 Å². The van der Waals surface area contributed by atoms with Crippen molar-refractivity contribution in [2.75, 3.05) is 26.7 Å². The summed E-state index contributed by atoms with van der Waals surface area (Å²) in [6, 6.07) is 13.7. The van der Waals surface area contributed by atoms with Crippen LogP contribution < -0.4 is 10.6 Å². The largest absolute Gasteiger partial charge is 0.468 e.